The lowest BCUT2D eigenvalue weighted by molar-refractivity contribution is -0.331. The number of aliphatic hydroxyl groups is 4. The summed E-state index contributed by atoms with van der Waals surface area (Å²) in [6.07, 6.45) is -21.0. The highest BCUT2D eigenvalue weighted by molar-refractivity contribution is 7.83. The van der Waals surface area contributed by atoms with E-state index in [9.17, 15) is 55.6 Å². The van der Waals surface area contributed by atoms with Gasteiger partial charge in [0.25, 0.3) is 0 Å². The van der Waals surface area contributed by atoms with E-state index in [1.807, 2.05) is 0 Å². The Balaban J connectivity index is 2.43. The third kappa shape index (κ3) is 8.41. The van der Waals surface area contributed by atoms with Crippen LogP contribution in [0.2, 0.25) is 0 Å². The van der Waals surface area contributed by atoms with Crippen LogP contribution in [-0.4, -0.2) is 138 Å². The van der Waals surface area contributed by atoms with Crippen LogP contribution in [0.3, 0.4) is 0 Å². The Labute approximate surface area is 201 Å². The van der Waals surface area contributed by atoms with E-state index in [1.165, 1.54) is 4.72 Å². The summed E-state index contributed by atoms with van der Waals surface area (Å²) in [5.74, 6) is -1.97. The Kier molecular flexibility index (Phi) is 9.71. The Morgan fingerprint density at radius 1 is 0.833 bits per heavy atom. The van der Waals surface area contributed by atoms with Crippen molar-refractivity contribution >= 4 is 37.1 Å². The van der Waals surface area contributed by atoms with Gasteiger partial charge in [-0.2, -0.15) is 30.0 Å². The molecule has 0 spiro atoms. The van der Waals surface area contributed by atoms with Crippen LogP contribution in [0.15, 0.2) is 0 Å². The minimum atomic E-state index is -5.39. The zero-order valence-electron chi connectivity index (χ0n) is 17.2. The summed E-state index contributed by atoms with van der Waals surface area (Å²) >= 11 is 0. The van der Waals surface area contributed by atoms with Crippen molar-refractivity contribution in [1.29, 1.82) is 0 Å². The lowest BCUT2D eigenvalue weighted by Crippen LogP contribution is -2.68. The monoisotopic (exact) mass is 595 g/mol. The number of carboxylic acid groups (broad SMARTS) is 1. The Morgan fingerprint density at radius 2 is 1.42 bits per heavy atom. The van der Waals surface area contributed by atoms with Crippen molar-refractivity contribution in [3.8, 4) is 0 Å². The topological polar surface area (TPSA) is 340 Å². The molecule has 2 heterocycles. The first kappa shape index (κ1) is 31.0. The van der Waals surface area contributed by atoms with Crippen molar-refractivity contribution in [1.82, 2.24) is 4.72 Å². The van der Waals surface area contributed by atoms with Gasteiger partial charge in [0.15, 0.2) is 24.8 Å². The molecule has 0 amide bonds. The summed E-state index contributed by atoms with van der Waals surface area (Å²) in [5.41, 5.74) is 0. The second-order valence-corrected chi connectivity index (χ2v) is 10.5. The number of aliphatic hydroxyl groups excluding tert-OH is 4. The lowest BCUT2D eigenvalue weighted by Gasteiger charge is -2.46. The fourth-order valence-corrected chi connectivity index (χ4v) is 4.62. The molecule has 0 unspecified atom stereocenters. The van der Waals surface area contributed by atoms with Gasteiger partial charge >= 0.3 is 37.1 Å². The highest BCUT2D eigenvalue weighted by Crippen LogP contribution is 2.31. The molecule has 2 rings (SSSR count). The largest absolute Gasteiger partial charge is 0.479 e. The summed E-state index contributed by atoms with van der Waals surface area (Å²) in [6.45, 7) is -1.24. The summed E-state index contributed by atoms with van der Waals surface area (Å²) in [4.78, 5) is 11.6. The van der Waals surface area contributed by atoms with Gasteiger partial charge in [0.2, 0.25) is 0 Å². The van der Waals surface area contributed by atoms with Gasteiger partial charge in [0, 0.05) is 0 Å². The van der Waals surface area contributed by atoms with Gasteiger partial charge in [-0.1, -0.05) is 0 Å². The normalized spacial score (nSPS) is 38.5. The van der Waals surface area contributed by atoms with E-state index >= 15 is 0 Å². The van der Waals surface area contributed by atoms with Crippen molar-refractivity contribution in [2.45, 2.75) is 61.3 Å². The van der Waals surface area contributed by atoms with Crippen molar-refractivity contribution in [2.75, 3.05) is 6.61 Å². The molecule has 0 saturated carbocycles. The van der Waals surface area contributed by atoms with E-state index in [-0.39, 0.29) is 0 Å². The lowest BCUT2D eigenvalue weighted by atomic mass is 9.96. The van der Waals surface area contributed by atoms with Gasteiger partial charge < -0.3 is 39.7 Å². The molecular weight excluding hydrogens is 574 g/mol. The molecule has 0 bridgehead atoms. The zero-order chi connectivity index (χ0) is 27.8. The van der Waals surface area contributed by atoms with Crippen LogP contribution in [-0.2, 0) is 58.5 Å². The van der Waals surface area contributed by atoms with E-state index < -0.39 is 105 Å². The quantitative estimate of drug-likeness (QED) is 0.106. The molecule has 21 nitrogen and oxygen atoms in total. The first-order valence-corrected chi connectivity index (χ1v) is 13.3. The van der Waals surface area contributed by atoms with Gasteiger partial charge in [-0.05, 0) is 0 Å². The maximum atomic E-state index is 11.6. The van der Waals surface area contributed by atoms with E-state index in [4.69, 9.17) is 23.1 Å². The predicted molar refractivity (Wildman–Crippen MR) is 102 cm³/mol. The molecule has 2 saturated heterocycles. The maximum Gasteiger partial charge on any atom is 0.397 e. The number of carboxylic acids is 1. The first-order valence-electron chi connectivity index (χ1n) is 9.14. The van der Waals surface area contributed by atoms with Crippen LogP contribution in [0.5, 0.6) is 0 Å². The smallest absolute Gasteiger partial charge is 0.397 e. The van der Waals surface area contributed by atoms with Crippen LogP contribution in [0.4, 0.5) is 0 Å². The number of ether oxygens (including phenoxy) is 3. The van der Waals surface area contributed by atoms with Crippen LogP contribution < -0.4 is 4.72 Å². The standard InChI is InChI=1S/C12H21NO20S3/c14-4-2(1-29-35(23,24)25)30-12(3(5(4)15)13-34(20,21)22)32-7-6(16)8(33-36(26,27)28)11(19)31-9(7)10(17)18/h2-9,11-16,19H,1H2,(H,17,18)(H,20,21,22)(H,23,24,25)(H,26,27,28)/t2-,3-,4-,5-,6-,7-,8+,9+,11+,12-/m1/s1. The van der Waals surface area contributed by atoms with Crippen molar-refractivity contribution in [2.24, 2.45) is 0 Å². The van der Waals surface area contributed by atoms with Gasteiger partial charge in [-0.25, -0.2) is 13.2 Å². The third-order valence-electron chi connectivity index (χ3n) is 4.67. The third-order valence-corrected chi connectivity index (χ3v) is 6.14. The minimum absolute atomic E-state index is 1.24. The number of aliphatic carboxylic acids is 1. The number of rotatable bonds is 10. The second kappa shape index (κ2) is 11.3. The summed E-state index contributed by atoms with van der Waals surface area (Å²) in [5, 5.41) is 49.9. The fraction of sp³-hybridized carbons (Fsp3) is 0.917. The van der Waals surface area contributed by atoms with Gasteiger partial charge in [0.05, 0.1) is 6.61 Å². The Bertz CT molecular complexity index is 1100. The van der Waals surface area contributed by atoms with Crippen LogP contribution in [0.1, 0.15) is 0 Å². The first-order chi connectivity index (χ1) is 16.2. The molecule has 2 aliphatic heterocycles. The average molecular weight is 595 g/mol. The van der Waals surface area contributed by atoms with Gasteiger partial charge in [-0.3, -0.25) is 13.7 Å². The molecule has 2 fully saturated rings. The van der Waals surface area contributed by atoms with Gasteiger partial charge in [0.1, 0.15) is 36.6 Å². The zero-order valence-corrected chi connectivity index (χ0v) is 19.6. The number of hydrogen-bond donors (Lipinski definition) is 9. The molecule has 10 atom stereocenters. The number of nitrogens with one attached hydrogen (secondary N) is 1. The average Bonchev–Trinajstić information content (AvgIpc) is 2.68. The molecule has 0 aromatic carbocycles. The van der Waals surface area contributed by atoms with Crippen molar-refractivity contribution in [3.05, 3.63) is 0 Å². The molecule has 2 aliphatic rings. The Morgan fingerprint density at radius 3 is 1.89 bits per heavy atom. The summed E-state index contributed by atoms with van der Waals surface area (Å²) in [6, 6.07) is -2.23. The minimum Gasteiger partial charge on any atom is -0.479 e. The highest BCUT2D eigenvalue weighted by Gasteiger charge is 2.54. The second-order valence-electron chi connectivity index (χ2n) is 7.22. The SMILES string of the molecule is O=C(O)[C@H]1O[C@H](O)[C@@H](OS(=O)(=O)O)[C@H](O)[C@H]1O[C@H]1O[C@H](COS(=O)(=O)O)[C@@H](O)[C@H](O)[C@H]1NS(=O)(=O)O. The number of hydrogen-bond acceptors (Lipinski definition) is 16. The van der Waals surface area contributed by atoms with Gasteiger partial charge in [-0.15, -0.1) is 0 Å². The molecule has 0 radical (unpaired) electrons. The molecular formula is C12H21NO20S3. The molecule has 24 heteroatoms. The molecule has 0 aromatic rings. The maximum absolute atomic E-state index is 11.6. The van der Waals surface area contributed by atoms with E-state index in [2.05, 4.69) is 13.1 Å². The molecule has 36 heavy (non-hydrogen) atoms. The summed E-state index contributed by atoms with van der Waals surface area (Å²) in [7, 11) is -15.8. The summed E-state index contributed by atoms with van der Waals surface area (Å²) < 4.78 is 117. The van der Waals surface area contributed by atoms with E-state index in [0.29, 0.717) is 0 Å². The highest BCUT2D eigenvalue weighted by atomic mass is 32.3. The molecule has 0 aromatic heterocycles. The Hall–Kier alpha value is -1.20. The van der Waals surface area contributed by atoms with Crippen molar-refractivity contribution in [3.63, 3.8) is 0 Å². The van der Waals surface area contributed by atoms with Crippen LogP contribution in [0.25, 0.3) is 0 Å². The van der Waals surface area contributed by atoms with E-state index in [0.717, 1.165) is 0 Å². The molecule has 0 aliphatic carbocycles. The van der Waals surface area contributed by atoms with Crippen molar-refractivity contribution < 1.29 is 91.8 Å². The van der Waals surface area contributed by atoms with Crippen LogP contribution in [0, 0.1) is 0 Å². The predicted octanol–water partition coefficient (Wildman–Crippen LogP) is -6.25. The number of carbonyl (C=O) groups is 1. The van der Waals surface area contributed by atoms with Crippen LogP contribution >= 0.6 is 0 Å². The fourth-order valence-electron chi connectivity index (χ4n) is 3.23. The molecule has 212 valence electrons. The van der Waals surface area contributed by atoms with E-state index in [1.54, 1.807) is 0 Å². The molecule has 9 N–H and O–H groups in total.